The smallest absolute Gasteiger partial charge is 0.254 e. The number of benzene rings is 1. The Kier molecular flexibility index (Phi) is 6.01. The minimum absolute atomic E-state index is 0.0951. The number of nitrogens with two attached hydrogens (primary N) is 2. The summed E-state index contributed by atoms with van der Waals surface area (Å²) in [5.41, 5.74) is 13.1. The fourth-order valence-electron chi connectivity index (χ4n) is 3.24. The Morgan fingerprint density at radius 2 is 1.96 bits per heavy atom. The van der Waals surface area contributed by atoms with Crippen molar-refractivity contribution < 1.29 is 4.79 Å². The molecule has 2 aromatic rings. The zero-order valence-corrected chi connectivity index (χ0v) is 14.8. The predicted molar refractivity (Wildman–Crippen MR) is 103 cm³/mol. The lowest BCUT2D eigenvalue weighted by atomic mass is 9.91. The van der Waals surface area contributed by atoms with Crippen LogP contribution in [-0.2, 0) is 6.42 Å². The standard InChI is InChI=1S/C19H26N6O/c20-15-8-4-5-9-16(15)24-19-23-12-14(17(21)26)18(25-19)22-11-10-13-6-2-1-3-7-13/h1-3,6-7,12,15-16H,4-5,8-11,20H2,(H2,21,26)(H2,22,23,24,25). The number of hydrogen-bond donors (Lipinski definition) is 4. The molecule has 0 spiro atoms. The second-order valence-electron chi connectivity index (χ2n) is 6.68. The van der Waals surface area contributed by atoms with E-state index in [4.69, 9.17) is 11.5 Å². The van der Waals surface area contributed by atoms with Gasteiger partial charge in [0.1, 0.15) is 5.82 Å². The number of primary amides is 1. The maximum absolute atomic E-state index is 11.7. The summed E-state index contributed by atoms with van der Waals surface area (Å²) in [7, 11) is 0. The molecule has 7 nitrogen and oxygen atoms in total. The topological polar surface area (TPSA) is 119 Å². The van der Waals surface area contributed by atoms with Crippen LogP contribution in [0.15, 0.2) is 36.5 Å². The van der Waals surface area contributed by atoms with Crippen LogP contribution in [-0.4, -0.2) is 34.5 Å². The summed E-state index contributed by atoms with van der Waals surface area (Å²) >= 11 is 0. The summed E-state index contributed by atoms with van der Waals surface area (Å²) in [6.45, 7) is 0.643. The molecule has 6 N–H and O–H groups in total. The van der Waals surface area contributed by atoms with Crippen LogP contribution >= 0.6 is 0 Å². The first-order valence-corrected chi connectivity index (χ1v) is 9.10. The molecule has 1 aliphatic carbocycles. The average molecular weight is 354 g/mol. The first-order valence-electron chi connectivity index (χ1n) is 9.10. The van der Waals surface area contributed by atoms with Gasteiger partial charge in [-0.15, -0.1) is 0 Å². The summed E-state index contributed by atoms with van der Waals surface area (Å²) in [6.07, 6.45) is 6.59. The molecule has 1 saturated carbocycles. The van der Waals surface area contributed by atoms with Gasteiger partial charge in [0.05, 0.1) is 5.56 Å². The van der Waals surface area contributed by atoms with Crippen LogP contribution in [0, 0.1) is 0 Å². The van der Waals surface area contributed by atoms with E-state index in [1.165, 1.54) is 11.8 Å². The maximum atomic E-state index is 11.7. The minimum Gasteiger partial charge on any atom is -0.369 e. The monoisotopic (exact) mass is 354 g/mol. The van der Waals surface area contributed by atoms with E-state index in [0.29, 0.717) is 18.3 Å². The number of amides is 1. The molecular formula is C19H26N6O. The van der Waals surface area contributed by atoms with Gasteiger partial charge < -0.3 is 22.1 Å². The van der Waals surface area contributed by atoms with E-state index in [-0.39, 0.29) is 17.6 Å². The molecule has 2 atom stereocenters. The molecule has 2 unspecified atom stereocenters. The highest BCUT2D eigenvalue weighted by Gasteiger charge is 2.23. The number of hydrogen-bond acceptors (Lipinski definition) is 6. The predicted octanol–water partition coefficient (Wildman–Crippen LogP) is 1.91. The van der Waals surface area contributed by atoms with Crippen molar-refractivity contribution in [2.75, 3.05) is 17.2 Å². The van der Waals surface area contributed by atoms with Crippen molar-refractivity contribution in [1.29, 1.82) is 0 Å². The third-order valence-corrected chi connectivity index (χ3v) is 4.74. The van der Waals surface area contributed by atoms with Gasteiger partial charge in [0.2, 0.25) is 5.95 Å². The molecule has 26 heavy (non-hydrogen) atoms. The van der Waals surface area contributed by atoms with E-state index in [1.807, 2.05) is 18.2 Å². The number of anilines is 2. The highest BCUT2D eigenvalue weighted by atomic mass is 16.1. The van der Waals surface area contributed by atoms with Crippen LogP contribution in [0.2, 0.25) is 0 Å². The molecule has 7 heteroatoms. The summed E-state index contributed by atoms with van der Waals surface area (Å²) in [5, 5.41) is 6.51. The minimum atomic E-state index is -0.548. The molecule has 1 fully saturated rings. The lowest BCUT2D eigenvalue weighted by Gasteiger charge is -2.29. The van der Waals surface area contributed by atoms with E-state index >= 15 is 0 Å². The van der Waals surface area contributed by atoms with Gasteiger partial charge in [0.15, 0.2) is 0 Å². The Morgan fingerprint density at radius 3 is 2.69 bits per heavy atom. The van der Waals surface area contributed by atoms with Crippen LogP contribution in [0.5, 0.6) is 0 Å². The number of aromatic nitrogens is 2. The van der Waals surface area contributed by atoms with Crippen LogP contribution in [0.25, 0.3) is 0 Å². The second kappa shape index (κ2) is 8.62. The summed E-state index contributed by atoms with van der Waals surface area (Å²) in [6, 6.07) is 10.4. The van der Waals surface area contributed by atoms with Gasteiger partial charge in [0.25, 0.3) is 5.91 Å². The average Bonchev–Trinajstić information content (AvgIpc) is 2.64. The molecule has 1 aromatic heterocycles. The zero-order chi connectivity index (χ0) is 18.4. The summed E-state index contributed by atoms with van der Waals surface area (Å²) < 4.78 is 0. The van der Waals surface area contributed by atoms with Crippen LogP contribution in [0.3, 0.4) is 0 Å². The second-order valence-corrected chi connectivity index (χ2v) is 6.68. The molecule has 3 rings (SSSR count). The van der Waals surface area contributed by atoms with Gasteiger partial charge >= 0.3 is 0 Å². The first kappa shape index (κ1) is 18.1. The molecule has 0 saturated heterocycles. The number of nitrogens with zero attached hydrogens (tertiary/aromatic N) is 2. The maximum Gasteiger partial charge on any atom is 0.254 e. The molecule has 1 aromatic carbocycles. The van der Waals surface area contributed by atoms with Gasteiger partial charge in [0, 0.05) is 24.8 Å². The van der Waals surface area contributed by atoms with Gasteiger partial charge in [-0.1, -0.05) is 43.2 Å². The summed E-state index contributed by atoms with van der Waals surface area (Å²) in [4.78, 5) is 20.4. The highest BCUT2D eigenvalue weighted by molar-refractivity contribution is 5.97. The summed E-state index contributed by atoms with van der Waals surface area (Å²) in [5.74, 6) is 0.378. The third kappa shape index (κ3) is 4.70. The number of carbonyl (C=O) groups is 1. The Bertz CT molecular complexity index is 736. The van der Waals surface area contributed by atoms with Gasteiger partial charge in [-0.2, -0.15) is 4.98 Å². The van der Waals surface area contributed by atoms with Crippen LogP contribution < -0.4 is 22.1 Å². The Morgan fingerprint density at radius 1 is 1.19 bits per heavy atom. The van der Waals surface area contributed by atoms with Crippen LogP contribution in [0.1, 0.15) is 41.6 Å². The molecule has 0 aliphatic heterocycles. The first-order chi connectivity index (χ1) is 12.6. The fraction of sp³-hybridized carbons (Fsp3) is 0.421. The fourth-order valence-corrected chi connectivity index (χ4v) is 3.24. The van der Waals surface area contributed by atoms with E-state index < -0.39 is 5.91 Å². The lowest BCUT2D eigenvalue weighted by Crippen LogP contribution is -2.43. The molecular weight excluding hydrogens is 328 g/mol. The van der Waals surface area contributed by atoms with Crippen molar-refractivity contribution in [3.05, 3.63) is 47.7 Å². The molecule has 1 amide bonds. The molecule has 138 valence electrons. The Balaban J connectivity index is 1.68. The molecule has 0 bridgehead atoms. The van der Waals surface area contributed by atoms with E-state index in [2.05, 4.69) is 32.7 Å². The van der Waals surface area contributed by atoms with Gasteiger partial charge in [-0.05, 0) is 24.8 Å². The molecule has 1 heterocycles. The highest BCUT2D eigenvalue weighted by Crippen LogP contribution is 2.21. The normalized spacial score (nSPS) is 19.7. The number of nitrogens with one attached hydrogen (secondary N) is 2. The van der Waals surface area contributed by atoms with E-state index in [0.717, 1.165) is 32.1 Å². The zero-order valence-electron chi connectivity index (χ0n) is 14.8. The van der Waals surface area contributed by atoms with E-state index in [9.17, 15) is 4.79 Å². The van der Waals surface area contributed by atoms with E-state index in [1.54, 1.807) is 0 Å². The van der Waals surface area contributed by atoms with Crippen LogP contribution in [0.4, 0.5) is 11.8 Å². The van der Waals surface area contributed by atoms with Crippen molar-refractivity contribution in [3.8, 4) is 0 Å². The largest absolute Gasteiger partial charge is 0.369 e. The third-order valence-electron chi connectivity index (χ3n) is 4.74. The molecule has 1 aliphatic rings. The van der Waals surface area contributed by atoms with Crippen molar-refractivity contribution in [3.63, 3.8) is 0 Å². The van der Waals surface area contributed by atoms with Crippen molar-refractivity contribution in [1.82, 2.24) is 9.97 Å². The molecule has 0 radical (unpaired) electrons. The SMILES string of the molecule is NC(=O)c1cnc(NC2CCCCC2N)nc1NCCc1ccccc1. The number of carbonyl (C=O) groups excluding carboxylic acids is 1. The Hall–Kier alpha value is -2.67. The lowest BCUT2D eigenvalue weighted by molar-refractivity contribution is 0.100. The Labute approximate surface area is 153 Å². The van der Waals surface area contributed by atoms with Crippen molar-refractivity contribution in [2.45, 2.75) is 44.2 Å². The number of rotatable bonds is 7. The van der Waals surface area contributed by atoms with Crippen molar-refractivity contribution in [2.24, 2.45) is 11.5 Å². The quantitative estimate of drug-likeness (QED) is 0.603. The van der Waals surface area contributed by atoms with Gasteiger partial charge in [-0.25, -0.2) is 4.98 Å². The van der Waals surface area contributed by atoms with Crippen molar-refractivity contribution >= 4 is 17.7 Å². The van der Waals surface area contributed by atoms with Gasteiger partial charge in [-0.3, -0.25) is 4.79 Å².